The van der Waals surface area contributed by atoms with E-state index < -0.39 is 29.6 Å². The molecule has 2 unspecified atom stereocenters. The van der Waals surface area contributed by atoms with Crippen LogP contribution in [0.2, 0.25) is 0 Å². The number of aliphatic hydroxyl groups excluding tert-OH is 1. The number of ether oxygens (including phenoxy) is 1. The smallest absolute Gasteiger partial charge is 0.259 e. The van der Waals surface area contributed by atoms with Crippen molar-refractivity contribution >= 4 is 17.6 Å². The summed E-state index contributed by atoms with van der Waals surface area (Å²) in [6.07, 6.45) is -1.47. The number of carbonyl (C=O) groups excluding carboxylic acids is 2. The van der Waals surface area contributed by atoms with Gasteiger partial charge in [-0.3, -0.25) is 19.5 Å². The number of morpholine rings is 1. The van der Waals surface area contributed by atoms with E-state index in [1.54, 1.807) is 13.8 Å². The van der Waals surface area contributed by atoms with Crippen LogP contribution in [0.1, 0.15) is 19.4 Å². The van der Waals surface area contributed by atoms with Crippen LogP contribution in [0.5, 0.6) is 0 Å². The molecule has 0 saturated carbocycles. The molecule has 2 amide bonds. The molecular formula is C17H21N3O4. The highest BCUT2D eigenvalue weighted by Gasteiger charge is 2.47. The van der Waals surface area contributed by atoms with Crippen molar-refractivity contribution < 1.29 is 19.4 Å². The Morgan fingerprint density at radius 3 is 2.83 bits per heavy atom. The van der Waals surface area contributed by atoms with E-state index in [2.05, 4.69) is 10.3 Å². The van der Waals surface area contributed by atoms with Crippen LogP contribution in [0.25, 0.3) is 0 Å². The Labute approximate surface area is 140 Å². The zero-order chi connectivity index (χ0) is 17.3. The average molecular weight is 331 g/mol. The van der Waals surface area contributed by atoms with E-state index in [1.165, 1.54) is 4.90 Å². The van der Waals surface area contributed by atoms with Gasteiger partial charge >= 0.3 is 0 Å². The number of aliphatic imine (C=N–C) groups is 1. The standard InChI is InChI=1S/C17H21N3O4/c1-17(2)16-19-12(13(21)15(23)20(16)8-9-24-17)14(22)18-10-11-6-4-3-5-7-11/h3-7,12-13,21H,8-10H2,1-2H3,(H,18,22). The molecule has 2 atom stereocenters. The largest absolute Gasteiger partial charge is 0.380 e. The summed E-state index contributed by atoms with van der Waals surface area (Å²) in [4.78, 5) is 30.6. The average Bonchev–Trinajstić information content (AvgIpc) is 2.57. The lowest BCUT2D eigenvalue weighted by atomic mass is 9.99. The van der Waals surface area contributed by atoms with Crippen LogP contribution in [0.3, 0.4) is 0 Å². The van der Waals surface area contributed by atoms with Gasteiger partial charge in [0.2, 0.25) is 5.91 Å². The molecule has 2 aliphatic heterocycles. The van der Waals surface area contributed by atoms with Crippen molar-refractivity contribution in [2.75, 3.05) is 13.2 Å². The van der Waals surface area contributed by atoms with Crippen molar-refractivity contribution in [2.24, 2.45) is 4.99 Å². The molecule has 0 aromatic heterocycles. The molecule has 7 nitrogen and oxygen atoms in total. The van der Waals surface area contributed by atoms with Crippen LogP contribution in [0.4, 0.5) is 0 Å². The summed E-state index contributed by atoms with van der Waals surface area (Å²) < 4.78 is 5.64. The fourth-order valence-electron chi connectivity index (χ4n) is 2.92. The van der Waals surface area contributed by atoms with Crippen LogP contribution in [-0.4, -0.2) is 58.6 Å². The van der Waals surface area contributed by atoms with E-state index >= 15 is 0 Å². The first-order valence-corrected chi connectivity index (χ1v) is 7.93. The predicted octanol–water partition coefficient (Wildman–Crippen LogP) is 0.0818. The second kappa shape index (κ2) is 6.33. The Morgan fingerprint density at radius 2 is 2.12 bits per heavy atom. The number of hydrogen-bond acceptors (Lipinski definition) is 5. The second-order valence-electron chi connectivity index (χ2n) is 6.39. The molecule has 7 heteroatoms. The molecule has 24 heavy (non-hydrogen) atoms. The van der Waals surface area contributed by atoms with Crippen LogP contribution >= 0.6 is 0 Å². The minimum absolute atomic E-state index is 0.311. The fraction of sp³-hybridized carbons (Fsp3) is 0.471. The molecule has 0 aliphatic carbocycles. The summed E-state index contributed by atoms with van der Waals surface area (Å²) in [6, 6.07) is 8.25. The van der Waals surface area contributed by atoms with Gasteiger partial charge in [-0.15, -0.1) is 0 Å². The van der Waals surface area contributed by atoms with Crippen molar-refractivity contribution in [3.05, 3.63) is 35.9 Å². The molecule has 1 aromatic carbocycles. The monoisotopic (exact) mass is 331 g/mol. The molecule has 1 fully saturated rings. The SMILES string of the molecule is CC1(C)OCCN2C(=O)C(O)C(C(=O)NCc3ccccc3)N=C21. The number of rotatable bonds is 3. The van der Waals surface area contributed by atoms with Crippen molar-refractivity contribution in [3.63, 3.8) is 0 Å². The van der Waals surface area contributed by atoms with E-state index in [1.807, 2.05) is 30.3 Å². The first kappa shape index (κ1) is 16.6. The highest BCUT2D eigenvalue weighted by molar-refractivity contribution is 6.09. The Kier molecular flexibility index (Phi) is 4.38. The number of nitrogens with one attached hydrogen (secondary N) is 1. The van der Waals surface area contributed by atoms with Crippen LogP contribution < -0.4 is 5.32 Å². The summed E-state index contributed by atoms with van der Waals surface area (Å²) in [5.41, 5.74) is 0.157. The lowest BCUT2D eigenvalue weighted by molar-refractivity contribution is -0.146. The number of carbonyl (C=O) groups is 2. The van der Waals surface area contributed by atoms with E-state index in [4.69, 9.17) is 4.74 Å². The molecular weight excluding hydrogens is 310 g/mol. The Balaban J connectivity index is 1.78. The number of amides is 2. The second-order valence-corrected chi connectivity index (χ2v) is 6.39. The summed E-state index contributed by atoms with van der Waals surface area (Å²) in [5, 5.41) is 12.9. The van der Waals surface area contributed by atoms with E-state index in [9.17, 15) is 14.7 Å². The van der Waals surface area contributed by atoms with E-state index in [-0.39, 0.29) is 0 Å². The third-order valence-electron chi connectivity index (χ3n) is 4.23. The molecule has 0 radical (unpaired) electrons. The third-order valence-corrected chi connectivity index (χ3v) is 4.23. The zero-order valence-corrected chi connectivity index (χ0v) is 13.7. The highest BCUT2D eigenvalue weighted by Crippen LogP contribution is 2.25. The number of nitrogens with zero attached hydrogens (tertiary/aromatic N) is 2. The van der Waals surface area contributed by atoms with Crippen LogP contribution in [0, 0.1) is 0 Å². The molecule has 0 bridgehead atoms. The maximum absolute atomic E-state index is 12.4. The lowest BCUT2D eigenvalue weighted by Crippen LogP contribution is -2.64. The molecule has 1 aromatic rings. The van der Waals surface area contributed by atoms with Gasteiger partial charge < -0.3 is 15.2 Å². The number of hydrogen-bond donors (Lipinski definition) is 2. The quantitative estimate of drug-likeness (QED) is 0.821. The topological polar surface area (TPSA) is 91.2 Å². The van der Waals surface area contributed by atoms with Crippen molar-refractivity contribution in [3.8, 4) is 0 Å². The molecule has 2 heterocycles. The van der Waals surface area contributed by atoms with Gasteiger partial charge in [0.1, 0.15) is 11.4 Å². The maximum Gasteiger partial charge on any atom is 0.259 e. The predicted molar refractivity (Wildman–Crippen MR) is 87.3 cm³/mol. The first-order valence-electron chi connectivity index (χ1n) is 7.93. The lowest BCUT2D eigenvalue weighted by Gasteiger charge is -2.43. The van der Waals surface area contributed by atoms with Crippen molar-refractivity contribution in [2.45, 2.75) is 38.1 Å². The summed E-state index contributed by atoms with van der Waals surface area (Å²) in [6.45, 7) is 4.60. The summed E-state index contributed by atoms with van der Waals surface area (Å²) >= 11 is 0. The number of benzene rings is 1. The summed E-state index contributed by atoms with van der Waals surface area (Å²) in [7, 11) is 0. The van der Waals surface area contributed by atoms with Gasteiger partial charge in [0, 0.05) is 6.54 Å². The summed E-state index contributed by atoms with van der Waals surface area (Å²) in [5.74, 6) is -0.589. The molecule has 2 aliphatic rings. The third kappa shape index (κ3) is 3.05. The van der Waals surface area contributed by atoms with Gasteiger partial charge in [0.15, 0.2) is 12.1 Å². The highest BCUT2D eigenvalue weighted by atomic mass is 16.5. The Morgan fingerprint density at radius 1 is 1.42 bits per heavy atom. The molecule has 1 saturated heterocycles. The number of amidine groups is 1. The van der Waals surface area contributed by atoms with Crippen molar-refractivity contribution in [1.29, 1.82) is 0 Å². The molecule has 2 N–H and O–H groups in total. The maximum atomic E-state index is 12.4. The Bertz CT molecular complexity index is 672. The first-order chi connectivity index (χ1) is 11.4. The van der Waals surface area contributed by atoms with E-state index in [0.29, 0.717) is 25.5 Å². The normalized spacial score (nSPS) is 25.7. The van der Waals surface area contributed by atoms with Gasteiger partial charge in [-0.1, -0.05) is 30.3 Å². The molecule has 128 valence electrons. The van der Waals surface area contributed by atoms with Crippen LogP contribution in [-0.2, 0) is 20.9 Å². The van der Waals surface area contributed by atoms with Crippen LogP contribution in [0.15, 0.2) is 35.3 Å². The fourth-order valence-corrected chi connectivity index (χ4v) is 2.92. The van der Waals surface area contributed by atoms with Gasteiger partial charge in [0.25, 0.3) is 5.91 Å². The minimum Gasteiger partial charge on any atom is -0.380 e. The Hall–Kier alpha value is -2.25. The van der Waals surface area contributed by atoms with E-state index in [0.717, 1.165) is 5.56 Å². The number of aliphatic hydroxyl groups is 1. The minimum atomic E-state index is -1.47. The van der Waals surface area contributed by atoms with Gasteiger partial charge in [-0.25, -0.2) is 0 Å². The van der Waals surface area contributed by atoms with Crippen molar-refractivity contribution in [1.82, 2.24) is 10.2 Å². The van der Waals surface area contributed by atoms with Gasteiger partial charge in [-0.2, -0.15) is 0 Å². The molecule has 0 spiro atoms. The van der Waals surface area contributed by atoms with Gasteiger partial charge in [0.05, 0.1) is 13.2 Å². The molecule has 3 rings (SSSR count). The zero-order valence-electron chi connectivity index (χ0n) is 13.7. The van der Waals surface area contributed by atoms with Gasteiger partial charge in [-0.05, 0) is 19.4 Å². The number of fused-ring (bicyclic) bond motifs is 1.